The normalized spacial score (nSPS) is 12.1. The van der Waals surface area contributed by atoms with Gasteiger partial charge in [0.2, 0.25) is 5.91 Å². The number of nitrogens with one attached hydrogen (secondary N) is 1. The molecule has 1 amide bonds. The van der Waals surface area contributed by atoms with Crippen molar-refractivity contribution in [2.45, 2.75) is 26.2 Å². The van der Waals surface area contributed by atoms with Crippen LogP contribution in [0.15, 0.2) is 48.5 Å². The van der Waals surface area contributed by atoms with Crippen molar-refractivity contribution in [3.05, 3.63) is 59.4 Å². The van der Waals surface area contributed by atoms with E-state index in [1.807, 2.05) is 28.8 Å². The number of amides is 1. The molecule has 3 rings (SSSR count). The molecule has 0 fully saturated rings. The van der Waals surface area contributed by atoms with Crippen LogP contribution in [-0.4, -0.2) is 33.2 Å². The van der Waals surface area contributed by atoms with E-state index >= 15 is 0 Å². The fourth-order valence-corrected chi connectivity index (χ4v) is 2.68. The van der Waals surface area contributed by atoms with Crippen molar-refractivity contribution in [2.24, 2.45) is 0 Å². The fraction of sp³-hybridized carbons (Fsp3) is 0.263. The number of aromatic nitrogens is 2. The number of hydrogen-bond acceptors (Lipinski definition) is 4. The molecule has 2 aromatic carbocycles. The number of rotatable bonds is 7. The summed E-state index contributed by atoms with van der Waals surface area (Å²) in [5.74, 6) is 1.13. The van der Waals surface area contributed by atoms with E-state index < -0.39 is 6.10 Å². The minimum atomic E-state index is -0.591. The summed E-state index contributed by atoms with van der Waals surface area (Å²) < 4.78 is 7.61. The summed E-state index contributed by atoms with van der Waals surface area (Å²) in [6, 6.07) is 14.7. The van der Waals surface area contributed by atoms with Crippen molar-refractivity contribution in [1.82, 2.24) is 14.9 Å². The molecule has 0 aliphatic rings. The van der Waals surface area contributed by atoms with Crippen LogP contribution in [0.3, 0.4) is 0 Å². The summed E-state index contributed by atoms with van der Waals surface area (Å²) in [5, 5.41) is 12.7. The number of benzene rings is 2. The van der Waals surface area contributed by atoms with E-state index in [-0.39, 0.29) is 25.6 Å². The van der Waals surface area contributed by atoms with Crippen molar-refractivity contribution in [3.8, 4) is 5.75 Å². The maximum absolute atomic E-state index is 12.2. The van der Waals surface area contributed by atoms with Gasteiger partial charge in [-0.1, -0.05) is 23.7 Å². The smallest absolute Gasteiger partial charge is 0.240 e. The van der Waals surface area contributed by atoms with E-state index in [9.17, 15) is 9.90 Å². The summed E-state index contributed by atoms with van der Waals surface area (Å²) in [5.41, 5.74) is 1.65. The summed E-state index contributed by atoms with van der Waals surface area (Å²) in [7, 11) is 0. The molecule has 3 aromatic rings. The Labute approximate surface area is 156 Å². The van der Waals surface area contributed by atoms with E-state index in [4.69, 9.17) is 16.3 Å². The first-order valence-electron chi connectivity index (χ1n) is 8.30. The largest absolute Gasteiger partial charge is 0.486 e. The highest BCUT2D eigenvalue weighted by molar-refractivity contribution is 6.30. The van der Waals surface area contributed by atoms with E-state index in [1.54, 1.807) is 31.2 Å². The van der Waals surface area contributed by atoms with Gasteiger partial charge in [-0.25, -0.2) is 4.98 Å². The predicted molar refractivity (Wildman–Crippen MR) is 100 cm³/mol. The van der Waals surface area contributed by atoms with Crippen molar-refractivity contribution < 1.29 is 14.6 Å². The summed E-state index contributed by atoms with van der Waals surface area (Å²) in [4.78, 5) is 16.8. The zero-order chi connectivity index (χ0) is 18.5. The number of fused-ring (bicyclic) bond motifs is 1. The Morgan fingerprint density at radius 2 is 2.00 bits per heavy atom. The first-order chi connectivity index (χ1) is 12.5. The van der Waals surface area contributed by atoms with Gasteiger partial charge in [-0.15, -0.1) is 0 Å². The van der Waals surface area contributed by atoms with E-state index in [0.29, 0.717) is 16.6 Å². The number of carbonyl (C=O) groups is 1. The van der Waals surface area contributed by atoms with Gasteiger partial charge in [-0.3, -0.25) is 4.79 Å². The predicted octanol–water partition coefficient (Wildman–Crippen LogP) is 2.77. The quantitative estimate of drug-likeness (QED) is 0.667. The average Bonchev–Trinajstić information content (AvgIpc) is 2.97. The summed E-state index contributed by atoms with van der Waals surface area (Å²) >= 11 is 5.88. The lowest BCUT2D eigenvalue weighted by molar-refractivity contribution is -0.122. The van der Waals surface area contributed by atoms with Crippen LogP contribution in [0.1, 0.15) is 12.7 Å². The lowest BCUT2D eigenvalue weighted by Gasteiger charge is -2.12. The number of carbonyl (C=O) groups excluding carboxylic acids is 1. The van der Waals surface area contributed by atoms with Crippen LogP contribution in [0.5, 0.6) is 5.75 Å². The van der Waals surface area contributed by atoms with Crippen LogP contribution >= 0.6 is 11.6 Å². The van der Waals surface area contributed by atoms with Gasteiger partial charge in [-0.2, -0.15) is 0 Å². The molecule has 1 unspecified atom stereocenters. The molecule has 2 N–H and O–H groups in total. The maximum Gasteiger partial charge on any atom is 0.240 e. The van der Waals surface area contributed by atoms with E-state index in [0.717, 1.165) is 11.0 Å². The number of aliphatic hydroxyl groups is 1. The molecular weight excluding hydrogens is 354 g/mol. The molecule has 136 valence electrons. The van der Waals surface area contributed by atoms with Gasteiger partial charge in [0.15, 0.2) is 0 Å². The maximum atomic E-state index is 12.2. The van der Waals surface area contributed by atoms with Crippen LogP contribution in [0.4, 0.5) is 0 Å². The highest BCUT2D eigenvalue weighted by Gasteiger charge is 2.14. The number of aliphatic hydroxyl groups excluding tert-OH is 1. The fourth-order valence-electron chi connectivity index (χ4n) is 2.55. The molecule has 0 aliphatic heterocycles. The molecule has 26 heavy (non-hydrogen) atoms. The van der Waals surface area contributed by atoms with Gasteiger partial charge in [0.25, 0.3) is 0 Å². The van der Waals surface area contributed by atoms with Crippen LogP contribution in [0.25, 0.3) is 11.0 Å². The van der Waals surface area contributed by atoms with Crippen molar-refractivity contribution in [3.63, 3.8) is 0 Å². The Kier molecular flexibility index (Phi) is 5.75. The first kappa shape index (κ1) is 18.2. The molecule has 0 bridgehead atoms. The minimum Gasteiger partial charge on any atom is -0.486 e. The second-order valence-electron chi connectivity index (χ2n) is 6.00. The highest BCUT2D eigenvalue weighted by Crippen LogP contribution is 2.20. The third kappa shape index (κ3) is 4.53. The molecule has 0 saturated heterocycles. The SMILES string of the molecule is CC(O)CNC(=O)Cn1c(COc2ccc(Cl)cc2)nc2ccccc21. The Bertz CT molecular complexity index is 891. The Balaban J connectivity index is 1.79. The third-order valence-corrected chi connectivity index (χ3v) is 4.06. The summed E-state index contributed by atoms with van der Waals surface area (Å²) in [6.07, 6.45) is -0.591. The molecule has 1 heterocycles. The molecule has 7 heteroatoms. The number of ether oxygens (including phenoxy) is 1. The number of halogens is 1. The molecule has 1 aromatic heterocycles. The first-order valence-corrected chi connectivity index (χ1v) is 8.68. The monoisotopic (exact) mass is 373 g/mol. The summed E-state index contributed by atoms with van der Waals surface area (Å²) in [6.45, 7) is 2.16. The second kappa shape index (κ2) is 8.21. The molecule has 0 saturated carbocycles. The zero-order valence-corrected chi connectivity index (χ0v) is 15.1. The van der Waals surface area contributed by atoms with Crippen LogP contribution in [0, 0.1) is 0 Å². The van der Waals surface area contributed by atoms with Gasteiger partial charge in [0.05, 0.1) is 17.1 Å². The van der Waals surface area contributed by atoms with E-state index in [2.05, 4.69) is 10.3 Å². The Hall–Kier alpha value is -2.57. The topological polar surface area (TPSA) is 76.4 Å². The second-order valence-corrected chi connectivity index (χ2v) is 6.44. The molecule has 0 radical (unpaired) electrons. The zero-order valence-electron chi connectivity index (χ0n) is 14.4. The molecule has 6 nitrogen and oxygen atoms in total. The van der Waals surface area contributed by atoms with Crippen LogP contribution in [0.2, 0.25) is 5.02 Å². The lowest BCUT2D eigenvalue weighted by Crippen LogP contribution is -2.33. The van der Waals surface area contributed by atoms with Crippen molar-refractivity contribution >= 4 is 28.5 Å². The highest BCUT2D eigenvalue weighted by atomic mass is 35.5. The number of nitrogens with zero attached hydrogens (tertiary/aromatic N) is 2. The molecular formula is C19H20ClN3O3. The Morgan fingerprint density at radius 3 is 2.73 bits per heavy atom. The number of imidazole rings is 1. The number of hydrogen-bond donors (Lipinski definition) is 2. The Morgan fingerprint density at radius 1 is 1.27 bits per heavy atom. The molecule has 0 spiro atoms. The van der Waals surface area contributed by atoms with Crippen LogP contribution in [-0.2, 0) is 17.9 Å². The van der Waals surface area contributed by atoms with Gasteiger partial charge >= 0.3 is 0 Å². The van der Waals surface area contributed by atoms with Crippen molar-refractivity contribution in [2.75, 3.05) is 6.54 Å². The van der Waals surface area contributed by atoms with Crippen LogP contribution < -0.4 is 10.1 Å². The standard InChI is InChI=1S/C19H20ClN3O3/c1-13(24)10-21-19(25)11-23-17-5-3-2-4-16(17)22-18(23)12-26-15-8-6-14(20)7-9-15/h2-9,13,24H,10-12H2,1H3,(H,21,25). The lowest BCUT2D eigenvalue weighted by atomic mass is 10.3. The van der Waals surface area contributed by atoms with Gasteiger partial charge in [0.1, 0.15) is 24.7 Å². The molecule has 0 aliphatic carbocycles. The van der Waals surface area contributed by atoms with Crippen molar-refractivity contribution in [1.29, 1.82) is 0 Å². The van der Waals surface area contributed by atoms with Gasteiger partial charge < -0.3 is 19.7 Å². The molecule has 1 atom stereocenters. The number of para-hydroxylation sites is 2. The average molecular weight is 374 g/mol. The van der Waals surface area contributed by atoms with E-state index in [1.165, 1.54) is 0 Å². The third-order valence-electron chi connectivity index (χ3n) is 3.81. The minimum absolute atomic E-state index is 0.104. The van der Waals surface area contributed by atoms with Gasteiger partial charge in [-0.05, 0) is 43.3 Å². The van der Waals surface area contributed by atoms with Gasteiger partial charge in [0, 0.05) is 11.6 Å².